The second kappa shape index (κ2) is 9.79. The molecule has 2 amide bonds. The molecule has 0 aliphatic carbocycles. The van der Waals surface area contributed by atoms with Gasteiger partial charge in [-0.2, -0.15) is 4.31 Å². The Labute approximate surface area is 165 Å². The number of amides is 2. The quantitative estimate of drug-likeness (QED) is 0.525. The third-order valence-electron chi connectivity index (χ3n) is 4.69. The largest absolute Gasteiger partial charge is 0.348 e. The van der Waals surface area contributed by atoms with Gasteiger partial charge in [-0.05, 0) is 49.9 Å². The smallest absolute Gasteiger partial charge is 0.309 e. The van der Waals surface area contributed by atoms with Gasteiger partial charge in [0.2, 0.25) is 10.0 Å². The molecule has 1 heterocycles. The highest BCUT2D eigenvalue weighted by Crippen LogP contribution is 2.27. The molecule has 1 saturated heterocycles. The van der Waals surface area contributed by atoms with E-state index in [1.165, 1.54) is 29.4 Å². The van der Waals surface area contributed by atoms with Crippen molar-refractivity contribution in [1.29, 1.82) is 0 Å². The first-order chi connectivity index (χ1) is 13.3. The summed E-state index contributed by atoms with van der Waals surface area (Å²) < 4.78 is 41.0. The Hall–Kier alpha value is -2.26. The maximum Gasteiger partial charge on any atom is 0.309 e. The monoisotopic (exact) mass is 411 g/mol. The number of halogens is 1. The lowest BCUT2D eigenvalue weighted by Crippen LogP contribution is -2.46. The zero-order valence-corrected chi connectivity index (χ0v) is 16.7. The van der Waals surface area contributed by atoms with Crippen molar-refractivity contribution in [3.63, 3.8) is 0 Å². The van der Waals surface area contributed by atoms with Gasteiger partial charge in [0.15, 0.2) is 0 Å². The van der Waals surface area contributed by atoms with E-state index < -0.39 is 27.7 Å². The topological polar surface area (TPSA) is 95.6 Å². The molecule has 9 heteroatoms. The number of rotatable bonds is 7. The Kier molecular flexibility index (Phi) is 7.70. The van der Waals surface area contributed by atoms with Crippen molar-refractivity contribution in [2.75, 3.05) is 19.6 Å². The molecule has 0 bridgehead atoms. The van der Waals surface area contributed by atoms with Crippen LogP contribution in [0.1, 0.15) is 31.2 Å². The molecule has 1 atom stereocenters. The fraction of sp³-hybridized carbons (Fsp3) is 0.474. The number of sulfonamides is 1. The summed E-state index contributed by atoms with van der Waals surface area (Å²) >= 11 is 0. The second-order valence-corrected chi connectivity index (χ2v) is 8.61. The molecule has 2 rings (SSSR count). The average molecular weight is 411 g/mol. The molecular formula is C19H26FN3O4S. The zero-order valence-electron chi connectivity index (χ0n) is 15.9. The van der Waals surface area contributed by atoms with Crippen LogP contribution < -0.4 is 10.6 Å². The van der Waals surface area contributed by atoms with E-state index in [4.69, 9.17) is 0 Å². The molecule has 7 nitrogen and oxygen atoms in total. The van der Waals surface area contributed by atoms with Crippen LogP contribution in [-0.4, -0.2) is 50.2 Å². The minimum Gasteiger partial charge on any atom is -0.348 e. The van der Waals surface area contributed by atoms with Crippen LogP contribution >= 0.6 is 0 Å². The van der Waals surface area contributed by atoms with Gasteiger partial charge in [0.1, 0.15) is 5.82 Å². The van der Waals surface area contributed by atoms with Crippen LogP contribution in [0.5, 0.6) is 0 Å². The van der Waals surface area contributed by atoms with E-state index in [0.29, 0.717) is 19.4 Å². The first kappa shape index (κ1) is 22.0. The molecule has 1 aromatic carbocycles. The van der Waals surface area contributed by atoms with Crippen molar-refractivity contribution in [3.05, 3.63) is 42.2 Å². The van der Waals surface area contributed by atoms with E-state index in [0.717, 1.165) is 18.9 Å². The third kappa shape index (κ3) is 5.39. The predicted octanol–water partition coefficient (Wildman–Crippen LogP) is 1.49. The van der Waals surface area contributed by atoms with Crippen molar-refractivity contribution in [3.8, 4) is 0 Å². The van der Waals surface area contributed by atoms with E-state index in [9.17, 15) is 22.4 Å². The van der Waals surface area contributed by atoms with E-state index in [-0.39, 0.29) is 29.6 Å². The zero-order chi connectivity index (χ0) is 20.7. The highest BCUT2D eigenvalue weighted by Gasteiger charge is 2.33. The van der Waals surface area contributed by atoms with Crippen LogP contribution in [0.3, 0.4) is 0 Å². The van der Waals surface area contributed by atoms with Gasteiger partial charge in [-0.25, -0.2) is 12.8 Å². The number of benzene rings is 1. The van der Waals surface area contributed by atoms with Crippen LogP contribution in [0, 0.1) is 12.7 Å². The molecule has 28 heavy (non-hydrogen) atoms. The summed E-state index contributed by atoms with van der Waals surface area (Å²) in [6.45, 7) is 5.72. The molecule has 0 unspecified atom stereocenters. The summed E-state index contributed by atoms with van der Waals surface area (Å²) in [5, 5.41) is 4.89. The van der Waals surface area contributed by atoms with E-state index >= 15 is 0 Å². The molecule has 0 radical (unpaired) electrons. The maximum atomic E-state index is 13.5. The number of carbonyl (C=O) groups excluding carboxylic acids is 2. The van der Waals surface area contributed by atoms with Crippen LogP contribution in [0.25, 0.3) is 0 Å². The fourth-order valence-electron chi connectivity index (χ4n) is 3.17. The maximum absolute atomic E-state index is 13.5. The number of piperidine rings is 1. The highest BCUT2D eigenvalue weighted by atomic mass is 32.2. The van der Waals surface area contributed by atoms with Crippen LogP contribution in [0.15, 0.2) is 35.7 Å². The van der Waals surface area contributed by atoms with Crippen molar-refractivity contribution in [2.24, 2.45) is 0 Å². The molecular weight excluding hydrogens is 385 g/mol. The SMILES string of the molecule is C=CCNC(=O)C(=O)NCC[C@@H]1CCCCN1S(=O)(=O)c1ccc(F)c(C)c1. The Morgan fingerprint density at radius 1 is 1.29 bits per heavy atom. The van der Waals surface area contributed by atoms with Gasteiger partial charge in [-0.3, -0.25) is 9.59 Å². The van der Waals surface area contributed by atoms with Crippen molar-refractivity contribution in [2.45, 2.75) is 43.5 Å². The fourth-order valence-corrected chi connectivity index (χ4v) is 4.98. The lowest BCUT2D eigenvalue weighted by molar-refractivity contribution is -0.139. The van der Waals surface area contributed by atoms with Crippen molar-refractivity contribution >= 4 is 21.8 Å². The number of nitrogens with one attached hydrogen (secondary N) is 2. The molecule has 154 valence electrons. The summed E-state index contributed by atoms with van der Waals surface area (Å²) in [4.78, 5) is 23.3. The molecule has 1 aliphatic heterocycles. The third-order valence-corrected chi connectivity index (χ3v) is 6.63. The van der Waals surface area contributed by atoms with E-state index in [1.54, 1.807) is 0 Å². The molecule has 1 fully saturated rings. The summed E-state index contributed by atoms with van der Waals surface area (Å²) in [6, 6.07) is 3.47. The molecule has 0 spiro atoms. The summed E-state index contributed by atoms with van der Waals surface area (Å²) in [5.41, 5.74) is 0.271. The van der Waals surface area contributed by atoms with Crippen LogP contribution in [0.2, 0.25) is 0 Å². The average Bonchev–Trinajstić information content (AvgIpc) is 2.68. The lowest BCUT2D eigenvalue weighted by Gasteiger charge is -2.34. The number of carbonyl (C=O) groups is 2. The Balaban J connectivity index is 2.03. The Morgan fingerprint density at radius 2 is 2.00 bits per heavy atom. The van der Waals surface area contributed by atoms with E-state index in [1.807, 2.05) is 0 Å². The molecule has 1 aliphatic rings. The van der Waals surface area contributed by atoms with Crippen LogP contribution in [0.4, 0.5) is 4.39 Å². The molecule has 0 aromatic heterocycles. The van der Waals surface area contributed by atoms with Gasteiger partial charge >= 0.3 is 11.8 Å². The van der Waals surface area contributed by atoms with Gasteiger partial charge in [-0.15, -0.1) is 6.58 Å². The molecule has 1 aromatic rings. The number of aryl methyl sites for hydroxylation is 1. The van der Waals surface area contributed by atoms with E-state index in [2.05, 4.69) is 17.2 Å². The van der Waals surface area contributed by atoms with Crippen molar-refractivity contribution in [1.82, 2.24) is 14.9 Å². The number of hydrogen-bond acceptors (Lipinski definition) is 4. The molecule has 2 N–H and O–H groups in total. The highest BCUT2D eigenvalue weighted by molar-refractivity contribution is 7.89. The first-order valence-corrected chi connectivity index (χ1v) is 10.7. The predicted molar refractivity (Wildman–Crippen MR) is 104 cm³/mol. The van der Waals surface area contributed by atoms with Crippen LogP contribution in [-0.2, 0) is 19.6 Å². The lowest BCUT2D eigenvalue weighted by atomic mass is 10.0. The Bertz CT molecular complexity index is 842. The second-order valence-electron chi connectivity index (χ2n) is 6.72. The number of hydrogen-bond donors (Lipinski definition) is 2. The first-order valence-electron chi connectivity index (χ1n) is 9.22. The van der Waals surface area contributed by atoms with Gasteiger partial charge in [-0.1, -0.05) is 12.5 Å². The number of nitrogens with zero attached hydrogens (tertiary/aromatic N) is 1. The normalized spacial score (nSPS) is 17.7. The standard InChI is InChI=1S/C19H26FN3O4S/c1-3-10-21-18(24)19(25)22-11-9-15-6-4-5-12-23(15)28(26,27)16-7-8-17(20)14(2)13-16/h3,7-8,13,15H,1,4-6,9-12H2,2H3,(H,21,24)(H,22,25)/t15-/m0/s1. The minimum atomic E-state index is -3.77. The summed E-state index contributed by atoms with van der Waals surface area (Å²) in [5.74, 6) is -1.97. The van der Waals surface area contributed by atoms with Gasteiger partial charge in [0, 0.05) is 25.7 Å². The van der Waals surface area contributed by atoms with Gasteiger partial charge < -0.3 is 10.6 Å². The van der Waals surface area contributed by atoms with Gasteiger partial charge in [0.25, 0.3) is 0 Å². The summed E-state index contributed by atoms with van der Waals surface area (Å²) in [7, 11) is -3.77. The van der Waals surface area contributed by atoms with Gasteiger partial charge in [0.05, 0.1) is 4.90 Å². The minimum absolute atomic E-state index is 0.0612. The Morgan fingerprint density at radius 3 is 2.68 bits per heavy atom. The molecule has 0 saturated carbocycles. The summed E-state index contributed by atoms with van der Waals surface area (Å²) in [6.07, 6.45) is 4.14. The van der Waals surface area contributed by atoms with Crippen molar-refractivity contribution < 1.29 is 22.4 Å².